The van der Waals surface area contributed by atoms with Crippen molar-refractivity contribution in [2.75, 3.05) is 39.3 Å². The van der Waals surface area contributed by atoms with E-state index in [9.17, 15) is 14.4 Å². The van der Waals surface area contributed by atoms with Gasteiger partial charge in [-0.15, -0.1) is 0 Å². The zero-order chi connectivity index (χ0) is 14.3. The molecule has 1 fully saturated rings. The van der Waals surface area contributed by atoms with E-state index in [-0.39, 0.29) is 25.5 Å². The summed E-state index contributed by atoms with van der Waals surface area (Å²) in [5.41, 5.74) is 4.98. The average molecular weight is 272 g/mol. The lowest BCUT2D eigenvalue weighted by Crippen LogP contribution is -2.43. The molecule has 1 aliphatic heterocycles. The lowest BCUT2D eigenvalue weighted by atomic mass is 10.4. The fourth-order valence-electron chi connectivity index (χ4n) is 1.93. The van der Waals surface area contributed by atoms with E-state index in [1.807, 2.05) is 0 Å². The van der Waals surface area contributed by atoms with Gasteiger partial charge in [-0.25, -0.2) is 4.79 Å². The van der Waals surface area contributed by atoms with Crippen LogP contribution in [0.4, 0.5) is 4.79 Å². The van der Waals surface area contributed by atoms with E-state index in [1.54, 1.807) is 9.80 Å². The number of carboxylic acids is 1. The molecule has 0 aromatic rings. The molecule has 1 aliphatic rings. The molecule has 0 unspecified atom stereocenters. The van der Waals surface area contributed by atoms with Crippen LogP contribution in [0.5, 0.6) is 0 Å². The molecule has 4 N–H and O–H groups in total. The Morgan fingerprint density at radius 1 is 1.16 bits per heavy atom. The highest BCUT2D eigenvalue weighted by molar-refractivity contribution is 5.77. The Kier molecular flexibility index (Phi) is 6.07. The van der Waals surface area contributed by atoms with Crippen LogP contribution in [-0.2, 0) is 9.59 Å². The molecule has 0 aromatic carbocycles. The third-order valence-electron chi connectivity index (χ3n) is 2.88. The van der Waals surface area contributed by atoms with Gasteiger partial charge in [0.05, 0.1) is 6.54 Å². The lowest BCUT2D eigenvalue weighted by Gasteiger charge is -2.21. The average Bonchev–Trinajstić information content (AvgIpc) is 2.53. The first-order chi connectivity index (χ1) is 8.99. The highest BCUT2D eigenvalue weighted by Gasteiger charge is 2.19. The molecular weight excluding hydrogens is 252 g/mol. The van der Waals surface area contributed by atoms with Crippen molar-refractivity contribution in [1.82, 2.24) is 15.1 Å². The molecule has 0 atom stereocenters. The number of primary amides is 1. The minimum atomic E-state index is -0.862. The molecule has 19 heavy (non-hydrogen) atoms. The summed E-state index contributed by atoms with van der Waals surface area (Å²) in [5.74, 6) is -1.32. The number of hydrogen-bond donors (Lipinski definition) is 3. The number of hydrogen-bond acceptors (Lipinski definition) is 4. The minimum absolute atomic E-state index is 0.00284. The second-order valence-corrected chi connectivity index (χ2v) is 4.46. The standard InChI is InChI=1S/C11H20N4O4/c12-9(16)2-3-13-11(19)15-5-1-4-14(6-7-15)8-10(17)18/h1-8H2,(H2,12,16)(H,13,19)(H,17,18). The van der Waals surface area contributed by atoms with E-state index < -0.39 is 11.9 Å². The first kappa shape index (κ1) is 15.2. The van der Waals surface area contributed by atoms with Gasteiger partial charge in [-0.05, 0) is 6.42 Å². The van der Waals surface area contributed by atoms with E-state index in [0.29, 0.717) is 26.2 Å². The van der Waals surface area contributed by atoms with Crippen LogP contribution < -0.4 is 11.1 Å². The largest absolute Gasteiger partial charge is 0.480 e. The summed E-state index contributed by atoms with van der Waals surface area (Å²) in [5, 5.41) is 11.3. The summed E-state index contributed by atoms with van der Waals surface area (Å²) in [7, 11) is 0. The molecule has 1 saturated heterocycles. The number of carbonyl (C=O) groups is 3. The zero-order valence-electron chi connectivity index (χ0n) is 10.8. The minimum Gasteiger partial charge on any atom is -0.480 e. The normalized spacial score (nSPS) is 16.7. The summed E-state index contributed by atoms with van der Waals surface area (Å²) in [6, 6.07) is -0.238. The van der Waals surface area contributed by atoms with Crippen LogP contribution in [0.2, 0.25) is 0 Å². The number of carboxylic acid groups (broad SMARTS) is 1. The molecule has 0 aromatic heterocycles. The number of amides is 3. The van der Waals surface area contributed by atoms with Crippen molar-refractivity contribution in [3.8, 4) is 0 Å². The monoisotopic (exact) mass is 272 g/mol. The van der Waals surface area contributed by atoms with Crippen molar-refractivity contribution in [3.63, 3.8) is 0 Å². The number of urea groups is 1. The van der Waals surface area contributed by atoms with Crippen molar-refractivity contribution in [1.29, 1.82) is 0 Å². The van der Waals surface area contributed by atoms with Crippen LogP contribution in [0.15, 0.2) is 0 Å². The molecule has 0 radical (unpaired) electrons. The number of aliphatic carboxylic acids is 1. The molecular formula is C11H20N4O4. The van der Waals surface area contributed by atoms with E-state index in [4.69, 9.17) is 10.8 Å². The van der Waals surface area contributed by atoms with Crippen molar-refractivity contribution in [2.24, 2.45) is 5.73 Å². The van der Waals surface area contributed by atoms with Gasteiger partial charge in [-0.3, -0.25) is 14.5 Å². The Bertz CT molecular complexity index is 348. The third-order valence-corrected chi connectivity index (χ3v) is 2.88. The Hall–Kier alpha value is -1.83. The summed E-state index contributed by atoms with van der Waals surface area (Å²) < 4.78 is 0. The molecule has 0 bridgehead atoms. The highest BCUT2D eigenvalue weighted by Crippen LogP contribution is 2.03. The summed E-state index contributed by atoms with van der Waals surface area (Å²) in [6.07, 6.45) is 0.848. The smallest absolute Gasteiger partial charge is 0.317 e. The SMILES string of the molecule is NC(=O)CCNC(=O)N1CCCN(CC(=O)O)CC1. The highest BCUT2D eigenvalue weighted by atomic mass is 16.4. The van der Waals surface area contributed by atoms with Crippen molar-refractivity contribution < 1.29 is 19.5 Å². The maximum atomic E-state index is 11.8. The van der Waals surface area contributed by atoms with Gasteiger partial charge in [-0.2, -0.15) is 0 Å². The predicted octanol–water partition coefficient (Wildman–Crippen LogP) is -1.34. The Morgan fingerprint density at radius 3 is 2.53 bits per heavy atom. The van der Waals surface area contributed by atoms with Crippen molar-refractivity contribution in [3.05, 3.63) is 0 Å². The Balaban J connectivity index is 2.33. The number of rotatable bonds is 5. The maximum Gasteiger partial charge on any atom is 0.317 e. The fraction of sp³-hybridized carbons (Fsp3) is 0.727. The molecule has 0 saturated carbocycles. The van der Waals surface area contributed by atoms with Gasteiger partial charge < -0.3 is 21.1 Å². The molecule has 0 aliphatic carbocycles. The number of nitrogens with two attached hydrogens (primary N) is 1. The van der Waals surface area contributed by atoms with Gasteiger partial charge in [0.1, 0.15) is 0 Å². The molecule has 8 heteroatoms. The van der Waals surface area contributed by atoms with Gasteiger partial charge in [-0.1, -0.05) is 0 Å². The van der Waals surface area contributed by atoms with Crippen molar-refractivity contribution >= 4 is 17.9 Å². The van der Waals surface area contributed by atoms with Crippen LogP contribution in [0.25, 0.3) is 0 Å². The quantitative estimate of drug-likeness (QED) is 0.573. The molecule has 0 spiro atoms. The van der Waals surface area contributed by atoms with Crippen LogP contribution in [0, 0.1) is 0 Å². The number of nitrogens with zero attached hydrogens (tertiary/aromatic N) is 2. The molecule has 108 valence electrons. The number of carbonyl (C=O) groups excluding carboxylic acids is 2. The molecule has 8 nitrogen and oxygen atoms in total. The van der Waals surface area contributed by atoms with E-state index in [0.717, 1.165) is 6.42 Å². The number of nitrogens with one attached hydrogen (secondary N) is 1. The van der Waals surface area contributed by atoms with Crippen LogP contribution >= 0.6 is 0 Å². The molecule has 1 rings (SSSR count). The summed E-state index contributed by atoms with van der Waals surface area (Å²) in [6.45, 7) is 2.49. The third kappa shape index (κ3) is 6.05. The Labute approximate surface area is 111 Å². The summed E-state index contributed by atoms with van der Waals surface area (Å²) >= 11 is 0. The van der Waals surface area contributed by atoms with Gasteiger partial charge in [0, 0.05) is 39.1 Å². The van der Waals surface area contributed by atoms with Crippen molar-refractivity contribution in [2.45, 2.75) is 12.8 Å². The first-order valence-corrected chi connectivity index (χ1v) is 6.24. The first-order valence-electron chi connectivity index (χ1n) is 6.24. The predicted molar refractivity (Wildman–Crippen MR) is 67.5 cm³/mol. The van der Waals surface area contributed by atoms with Gasteiger partial charge in [0.15, 0.2) is 0 Å². The topological polar surface area (TPSA) is 116 Å². The zero-order valence-corrected chi connectivity index (χ0v) is 10.8. The van der Waals surface area contributed by atoms with Gasteiger partial charge >= 0.3 is 12.0 Å². The second kappa shape index (κ2) is 7.57. The fourth-order valence-corrected chi connectivity index (χ4v) is 1.93. The van der Waals surface area contributed by atoms with E-state index in [2.05, 4.69) is 5.32 Å². The van der Waals surface area contributed by atoms with Gasteiger partial charge in [0.25, 0.3) is 0 Å². The summed E-state index contributed by atoms with van der Waals surface area (Å²) in [4.78, 5) is 36.4. The van der Waals surface area contributed by atoms with Crippen LogP contribution in [0.1, 0.15) is 12.8 Å². The lowest BCUT2D eigenvalue weighted by molar-refractivity contribution is -0.138. The maximum absolute atomic E-state index is 11.8. The van der Waals surface area contributed by atoms with E-state index >= 15 is 0 Å². The molecule has 3 amide bonds. The van der Waals surface area contributed by atoms with Crippen LogP contribution in [-0.4, -0.2) is 72.1 Å². The Morgan fingerprint density at radius 2 is 1.89 bits per heavy atom. The molecule has 1 heterocycles. The van der Waals surface area contributed by atoms with Gasteiger partial charge in [0.2, 0.25) is 5.91 Å². The second-order valence-electron chi connectivity index (χ2n) is 4.46. The van der Waals surface area contributed by atoms with E-state index in [1.165, 1.54) is 0 Å². The van der Waals surface area contributed by atoms with Crippen LogP contribution in [0.3, 0.4) is 0 Å².